The molecule has 0 saturated carbocycles. The standard InChI is InChI=1S/C23H26N6O3/c30-20-18-1-4-23(19(18)25-22(26-20)28-11-13-32-14-12-28)5-9-27(10-6-23)21(31)16-3-8-29-17(15-16)2-7-24-29/h2-3,7-8,15H,1,4-6,9-14H2,(H,25,26,30). The molecule has 0 unspecified atom stereocenters. The second-order valence-corrected chi connectivity index (χ2v) is 9.00. The summed E-state index contributed by atoms with van der Waals surface area (Å²) in [7, 11) is 0. The normalized spacial score (nSPS) is 20.1. The van der Waals surface area contributed by atoms with Gasteiger partial charge in [0.2, 0.25) is 5.95 Å². The summed E-state index contributed by atoms with van der Waals surface area (Å²) in [6.07, 6.45) is 6.90. The minimum Gasteiger partial charge on any atom is -0.378 e. The van der Waals surface area contributed by atoms with Crippen LogP contribution >= 0.6 is 0 Å². The fourth-order valence-electron chi connectivity index (χ4n) is 5.43. The molecule has 32 heavy (non-hydrogen) atoms. The zero-order valence-corrected chi connectivity index (χ0v) is 17.9. The van der Waals surface area contributed by atoms with E-state index in [-0.39, 0.29) is 16.9 Å². The summed E-state index contributed by atoms with van der Waals surface area (Å²) >= 11 is 0. The lowest BCUT2D eigenvalue weighted by Gasteiger charge is -2.39. The largest absolute Gasteiger partial charge is 0.378 e. The summed E-state index contributed by atoms with van der Waals surface area (Å²) in [6, 6.07) is 5.61. The molecular formula is C23H26N6O3. The van der Waals surface area contributed by atoms with E-state index < -0.39 is 0 Å². The van der Waals surface area contributed by atoms with E-state index in [0.717, 1.165) is 55.5 Å². The number of anilines is 1. The van der Waals surface area contributed by atoms with Crippen LogP contribution in [0.3, 0.4) is 0 Å². The Kier molecular flexibility index (Phi) is 4.53. The third kappa shape index (κ3) is 3.10. The number of nitrogens with zero attached hydrogens (tertiary/aromatic N) is 5. The number of H-pyrrole nitrogens is 1. The molecule has 1 amide bonds. The van der Waals surface area contributed by atoms with E-state index in [1.54, 1.807) is 10.7 Å². The highest BCUT2D eigenvalue weighted by Crippen LogP contribution is 2.44. The topological polar surface area (TPSA) is 95.8 Å². The third-order valence-electron chi connectivity index (χ3n) is 7.32. The Labute approximate surface area is 185 Å². The quantitative estimate of drug-likeness (QED) is 0.655. The molecule has 0 aromatic carbocycles. The first-order valence-electron chi connectivity index (χ1n) is 11.3. The molecule has 2 aliphatic heterocycles. The molecule has 3 aromatic heterocycles. The van der Waals surface area contributed by atoms with Crippen LogP contribution in [0.25, 0.3) is 5.52 Å². The molecule has 9 heteroatoms. The first-order valence-corrected chi connectivity index (χ1v) is 11.3. The lowest BCUT2D eigenvalue weighted by atomic mass is 9.76. The van der Waals surface area contributed by atoms with E-state index in [1.165, 1.54) is 0 Å². The fraction of sp³-hybridized carbons (Fsp3) is 0.478. The number of hydrogen-bond donors (Lipinski definition) is 1. The first-order chi connectivity index (χ1) is 15.6. The van der Waals surface area contributed by atoms with Gasteiger partial charge in [-0.2, -0.15) is 5.10 Å². The molecule has 2 saturated heterocycles. The molecule has 0 radical (unpaired) electrons. The van der Waals surface area contributed by atoms with Gasteiger partial charge < -0.3 is 14.5 Å². The Bertz CT molecular complexity index is 1230. The number of carbonyl (C=O) groups is 1. The van der Waals surface area contributed by atoms with Gasteiger partial charge in [0.05, 0.1) is 24.4 Å². The fourth-order valence-corrected chi connectivity index (χ4v) is 5.43. The van der Waals surface area contributed by atoms with Crippen LogP contribution in [0.15, 0.2) is 35.4 Å². The molecule has 2 fully saturated rings. The van der Waals surface area contributed by atoms with Crippen LogP contribution in [0.4, 0.5) is 5.95 Å². The molecule has 0 atom stereocenters. The number of hydrogen-bond acceptors (Lipinski definition) is 6. The average molecular weight is 435 g/mol. The van der Waals surface area contributed by atoms with Gasteiger partial charge in [-0.15, -0.1) is 0 Å². The van der Waals surface area contributed by atoms with Crippen molar-refractivity contribution in [3.63, 3.8) is 0 Å². The molecule has 1 spiro atoms. The highest BCUT2D eigenvalue weighted by atomic mass is 16.5. The average Bonchev–Trinajstić information content (AvgIpc) is 3.45. The molecule has 5 heterocycles. The van der Waals surface area contributed by atoms with Crippen LogP contribution in [-0.2, 0) is 16.6 Å². The van der Waals surface area contributed by atoms with Crippen LogP contribution < -0.4 is 10.5 Å². The van der Waals surface area contributed by atoms with Gasteiger partial charge in [-0.1, -0.05) is 0 Å². The van der Waals surface area contributed by atoms with Crippen LogP contribution in [0.2, 0.25) is 0 Å². The monoisotopic (exact) mass is 434 g/mol. The lowest BCUT2D eigenvalue weighted by Crippen LogP contribution is -2.45. The molecule has 1 aliphatic carbocycles. The minimum absolute atomic E-state index is 0.0130. The number of aromatic amines is 1. The maximum Gasteiger partial charge on any atom is 0.255 e. The minimum atomic E-state index is -0.114. The van der Waals surface area contributed by atoms with Gasteiger partial charge >= 0.3 is 0 Å². The maximum atomic E-state index is 13.1. The van der Waals surface area contributed by atoms with Crippen molar-refractivity contribution in [1.29, 1.82) is 0 Å². The van der Waals surface area contributed by atoms with Crippen LogP contribution in [0, 0.1) is 0 Å². The van der Waals surface area contributed by atoms with Gasteiger partial charge in [-0.05, 0) is 43.9 Å². The molecule has 1 N–H and O–H groups in total. The number of fused-ring (bicyclic) bond motifs is 3. The van der Waals surface area contributed by atoms with Crippen LogP contribution in [0.5, 0.6) is 0 Å². The van der Waals surface area contributed by atoms with Gasteiger partial charge in [-0.3, -0.25) is 14.6 Å². The second kappa shape index (κ2) is 7.44. The van der Waals surface area contributed by atoms with Crippen molar-refractivity contribution in [1.82, 2.24) is 24.5 Å². The summed E-state index contributed by atoms with van der Waals surface area (Å²) in [5.74, 6) is 0.709. The number of carbonyl (C=O) groups excluding carboxylic acids is 1. The number of pyridine rings is 1. The van der Waals surface area contributed by atoms with Crippen LogP contribution in [-0.4, -0.2) is 69.8 Å². The number of morpholine rings is 1. The van der Waals surface area contributed by atoms with Crippen molar-refractivity contribution in [2.45, 2.75) is 31.1 Å². The van der Waals surface area contributed by atoms with E-state index in [1.807, 2.05) is 29.3 Å². The van der Waals surface area contributed by atoms with Crippen LogP contribution in [0.1, 0.15) is 40.9 Å². The number of aromatic nitrogens is 4. The van der Waals surface area contributed by atoms with Gasteiger partial charge in [0.25, 0.3) is 11.5 Å². The Morgan fingerprint density at radius 2 is 1.91 bits per heavy atom. The number of likely N-dealkylation sites (tertiary alicyclic amines) is 1. The number of ether oxygens (including phenoxy) is 1. The van der Waals surface area contributed by atoms with Gasteiger partial charge in [0.1, 0.15) is 0 Å². The molecule has 0 bridgehead atoms. The summed E-state index contributed by atoms with van der Waals surface area (Å²) in [5.41, 5.74) is 3.25. The number of amides is 1. The van der Waals surface area contributed by atoms with Crippen molar-refractivity contribution >= 4 is 17.4 Å². The van der Waals surface area contributed by atoms with Crippen molar-refractivity contribution in [2.75, 3.05) is 44.3 Å². The molecule has 3 aromatic rings. The van der Waals surface area contributed by atoms with E-state index in [0.29, 0.717) is 37.8 Å². The summed E-state index contributed by atoms with van der Waals surface area (Å²) in [6.45, 7) is 4.10. The first kappa shape index (κ1) is 19.5. The molecule has 9 nitrogen and oxygen atoms in total. The van der Waals surface area contributed by atoms with Crippen molar-refractivity contribution in [3.05, 3.63) is 57.8 Å². The van der Waals surface area contributed by atoms with E-state index in [4.69, 9.17) is 9.72 Å². The van der Waals surface area contributed by atoms with Gasteiger partial charge in [-0.25, -0.2) is 9.50 Å². The Morgan fingerprint density at radius 1 is 1.09 bits per heavy atom. The van der Waals surface area contributed by atoms with Crippen molar-refractivity contribution < 1.29 is 9.53 Å². The lowest BCUT2D eigenvalue weighted by molar-refractivity contribution is 0.0663. The van der Waals surface area contributed by atoms with E-state index in [9.17, 15) is 9.59 Å². The summed E-state index contributed by atoms with van der Waals surface area (Å²) in [4.78, 5) is 38.0. The molecule has 6 rings (SSSR count). The highest BCUT2D eigenvalue weighted by Gasteiger charge is 2.45. The van der Waals surface area contributed by atoms with Gasteiger partial charge in [0, 0.05) is 55.1 Å². The molecule has 166 valence electrons. The Hall–Kier alpha value is -3.20. The highest BCUT2D eigenvalue weighted by molar-refractivity contribution is 5.95. The number of piperidine rings is 1. The molecular weight excluding hydrogens is 408 g/mol. The van der Waals surface area contributed by atoms with E-state index in [2.05, 4.69) is 15.0 Å². The number of rotatable bonds is 2. The zero-order chi connectivity index (χ0) is 21.7. The predicted molar refractivity (Wildman–Crippen MR) is 118 cm³/mol. The van der Waals surface area contributed by atoms with Gasteiger partial charge in [0.15, 0.2) is 0 Å². The van der Waals surface area contributed by atoms with Crippen molar-refractivity contribution in [2.24, 2.45) is 0 Å². The Morgan fingerprint density at radius 3 is 2.72 bits per heavy atom. The maximum absolute atomic E-state index is 13.1. The zero-order valence-electron chi connectivity index (χ0n) is 17.9. The van der Waals surface area contributed by atoms with E-state index >= 15 is 0 Å². The predicted octanol–water partition coefficient (Wildman–Crippen LogP) is 1.37. The summed E-state index contributed by atoms with van der Waals surface area (Å²) in [5, 5.41) is 4.20. The van der Waals surface area contributed by atoms with Crippen molar-refractivity contribution in [3.8, 4) is 0 Å². The summed E-state index contributed by atoms with van der Waals surface area (Å²) < 4.78 is 7.20. The number of nitrogens with one attached hydrogen (secondary N) is 1. The third-order valence-corrected chi connectivity index (χ3v) is 7.32. The molecule has 3 aliphatic rings. The SMILES string of the molecule is O=C(c1ccn2nccc2c1)N1CCC2(CCc3c2nc(N2CCOCC2)[nH]c3=O)CC1. The Balaban J connectivity index is 1.23. The second-order valence-electron chi connectivity index (χ2n) is 9.00. The smallest absolute Gasteiger partial charge is 0.255 e.